The minimum absolute atomic E-state index is 0.190. The molecular formula is C19H27N5O. The predicted molar refractivity (Wildman–Crippen MR) is 98.1 cm³/mol. The molecule has 0 unspecified atom stereocenters. The molecule has 1 fully saturated rings. The van der Waals surface area contributed by atoms with Crippen LogP contribution in [0.2, 0.25) is 0 Å². The largest absolute Gasteiger partial charge is 0.339 e. The van der Waals surface area contributed by atoms with Crippen LogP contribution < -0.4 is 5.32 Å². The van der Waals surface area contributed by atoms with Gasteiger partial charge in [0.2, 0.25) is 5.91 Å². The number of aromatic nitrogens is 2. The van der Waals surface area contributed by atoms with Crippen LogP contribution in [0.5, 0.6) is 0 Å². The average Bonchev–Trinajstić information content (AvgIpc) is 3.13. The van der Waals surface area contributed by atoms with Crippen molar-refractivity contribution in [2.24, 2.45) is 0 Å². The lowest BCUT2D eigenvalue weighted by Crippen LogP contribution is -2.50. The zero-order valence-electron chi connectivity index (χ0n) is 14.9. The zero-order valence-corrected chi connectivity index (χ0v) is 14.9. The monoisotopic (exact) mass is 341 g/mol. The van der Waals surface area contributed by atoms with Gasteiger partial charge in [0.1, 0.15) is 0 Å². The first-order chi connectivity index (χ1) is 12.2. The average molecular weight is 341 g/mol. The van der Waals surface area contributed by atoms with Crippen molar-refractivity contribution in [3.05, 3.63) is 53.9 Å². The van der Waals surface area contributed by atoms with Crippen LogP contribution in [-0.2, 0) is 17.9 Å². The van der Waals surface area contributed by atoms with Crippen LogP contribution in [0.1, 0.15) is 11.1 Å². The van der Waals surface area contributed by atoms with Gasteiger partial charge in [-0.05, 0) is 18.6 Å². The fourth-order valence-corrected chi connectivity index (χ4v) is 3.16. The molecule has 1 aromatic heterocycles. The summed E-state index contributed by atoms with van der Waals surface area (Å²) in [5.74, 6) is 0.190. The number of amides is 1. The second kappa shape index (κ2) is 8.78. The van der Waals surface area contributed by atoms with Crippen LogP contribution in [0.3, 0.4) is 0 Å². The van der Waals surface area contributed by atoms with E-state index in [-0.39, 0.29) is 5.91 Å². The third kappa shape index (κ3) is 5.41. The van der Waals surface area contributed by atoms with E-state index in [1.54, 1.807) is 6.20 Å². The van der Waals surface area contributed by atoms with E-state index in [0.717, 1.165) is 45.8 Å². The summed E-state index contributed by atoms with van der Waals surface area (Å²) in [6.07, 6.45) is 3.69. The molecule has 1 amide bonds. The molecule has 1 N–H and O–H groups in total. The number of carbonyl (C=O) groups is 1. The fraction of sp³-hybridized carbons (Fsp3) is 0.474. The summed E-state index contributed by atoms with van der Waals surface area (Å²) in [6.45, 7) is 8.52. The standard InChI is InChI=1S/C19H27N5O/c1-17-4-2-5-18(14-17)16-22-10-12-23(13-11-22)19(25)15-20-7-9-24-8-3-6-21-24/h2-6,8,14,20H,7,9-13,15-16H2,1H3. The molecule has 134 valence electrons. The maximum atomic E-state index is 12.3. The number of nitrogens with zero attached hydrogens (tertiary/aromatic N) is 4. The molecule has 6 heteroatoms. The highest BCUT2D eigenvalue weighted by atomic mass is 16.2. The minimum Gasteiger partial charge on any atom is -0.339 e. The Bertz CT molecular complexity index is 662. The van der Waals surface area contributed by atoms with E-state index in [0.29, 0.717) is 6.54 Å². The van der Waals surface area contributed by atoms with Gasteiger partial charge in [0.25, 0.3) is 0 Å². The van der Waals surface area contributed by atoms with Gasteiger partial charge in [-0.3, -0.25) is 14.4 Å². The molecule has 3 rings (SSSR count). The van der Waals surface area contributed by atoms with Gasteiger partial charge in [0.15, 0.2) is 0 Å². The van der Waals surface area contributed by atoms with Gasteiger partial charge in [-0.2, -0.15) is 5.10 Å². The van der Waals surface area contributed by atoms with Crippen LogP contribution in [0.15, 0.2) is 42.7 Å². The van der Waals surface area contributed by atoms with Crippen molar-refractivity contribution in [2.45, 2.75) is 20.0 Å². The number of hydrogen-bond donors (Lipinski definition) is 1. The lowest BCUT2D eigenvalue weighted by Gasteiger charge is -2.35. The van der Waals surface area contributed by atoms with E-state index in [1.165, 1.54) is 11.1 Å². The molecule has 0 atom stereocenters. The van der Waals surface area contributed by atoms with Crippen LogP contribution in [0, 0.1) is 6.92 Å². The minimum atomic E-state index is 0.190. The summed E-state index contributed by atoms with van der Waals surface area (Å²) in [6, 6.07) is 10.6. The van der Waals surface area contributed by atoms with Crippen LogP contribution in [0.25, 0.3) is 0 Å². The predicted octanol–water partition coefficient (Wildman–Crippen LogP) is 1.13. The van der Waals surface area contributed by atoms with Gasteiger partial charge in [-0.25, -0.2) is 0 Å². The molecule has 0 aliphatic carbocycles. The van der Waals surface area contributed by atoms with E-state index < -0.39 is 0 Å². The van der Waals surface area contributed by atoms with Gasteiger partial charge >= 0.3 is 0 Å². The molecule has 2 aromatic rings. The number of carbonyl (C=O) groups excluding carboxylic acids is 1. The number of hydrogen-bond acceptors (Lipinski definition) is 4. The molecule has 1 aromatic carbocycles. The molecule has 0 saturated carbocycles. The van der Waals surface area contributed by atoms with E-state index in [2.05, 4.69) is 46.5 Å². The third-order valence-electron chi connectivity index (χ3n) is 4.57. The van der Waals surface area contributed by atoms with Gasteiger partial charge < -0.3 is 10.2 Å². The van der Waals surface area contributed by atoms with Crippen LogP contribution in [0.4, 0.5) is 0 Å². The lowest BCUT2D eigenvalue weighted by molar-refractivity contribution is -0.132. The Morgan fingerprint density at radius 3 is 2.76 bits per heavy atom. The topological polar surface area (TPSA) is 53.4 Å². The molecule has 1 saturated heterocycles. The van der Waals surface area contributed by atoms with Crippen molar-refractivity contribution in [1.29, 1.82) is 0 Å². The Morgan fingerprint density at radius 2 is 2.04 bits per heavy atom. The summed E-state index contributed by atoms with van der Waals surface area (Å²) in [7, 11) is 0. The second-order valence-electron chi connectivity index (χ2n) is 6.59. The Morgan fingerprint density at radius 1 is 1.20 bits per heavy atom. The Hall–Kier alpha value is -2.18. The molecule has 2 heterocycles. The highest BCUT2D eigenvalue weighted by Crippen LogP contribution is 2.10. The number of benzene rings is 1. The highest BCUT2D eigenvalue weighted by molar-refractivity contribution is 5.78. The van der Waals surface area contributed by atoms with Gasteiger partial charge in [-0.15, -0.1) is 0 Å². The molecular weight excluding hydrogens is 314 g/mol. The quantitative estimate of drug-likeness (QED) is 0.767. The number of nitrogens with one attached hydrogen (secondary N) is 1. The second-order valence-corrected chi connectivity index (χ2v) is 6.59. The molecule has 0 radical (unpaired) electrons. The molecule has 0 spiro atoms. The lowest BCUT2D eigenvalue weighted by atomic mass is 10.1. The summed E-state index contributed by atoms with van der Waals surface area (Å²) >= 11 is 0. The Balaban J connectivity index is 1.34. The van der Waals surface area contributed by atoms with E-state index >= 15 is 0 Å². The number of aryl methyl sites for hydroxylation is 1. The first kappa shape index (κ1) is 17.6. The maximum absolute atomic E-state index is 12.3. The van der Waals surface area contributed by atoms with E-state index in [9.17, 15) is 4.79 Å². The van der Waals surface area contributed by atoms with Crippen molar-refractivity contribution >= 4 is 5.91 Å². The van der Waals surface area contributed by atoms with E-state index in [1.807, 2.05) is 21.8 Å². The summed E-state index contributed by atoms with van der Waals surface area (Å²) in [5.41, 5.74) is 2.65. The first-order valence-corrected chi connectivity index (χ1v) is 8.94. The summed E-state index contributed by atoms with van der Waals surface area (Å²) in [4.78, 5) is 16.7. The van der Waals surface area contributed by atoms with Gasteiger partial charge in [0, 0.05) is 51.7 Å². The number of piperazine rings is 1. The Kier molecular flexibility index (Phi) is 6.19. The summed E-state index contributed by atoms with van der Waals surface area (Å²) < 4.78 is 1.86. The fourth-order valence-electron chi connectivity index (χ4n) is 3.16. The molecule has 6 nitrogen and oxygen atoms in total. The molecule has 25 heavy (non-hydrogen) atoms. The summed E-state index contributed by atoms with van der Waals surface area (Å²) in [5, 5.41) is 7.36. The van der Waals surface area contributed by atoms with E-state index in [4.69, 9.17) is 0 Å². The molecule has 1 aliphatic heterocycles. The maximum Gasteiger partial charge on any atom is 0.236 e. The van der Waals surface area contributed by atoms with Crippen LogP contribution in [-0.4, -0.2) is 64.8 Å². The Labute approximate surface area is 149 Å². The van der Waals surface area contributed by atoms with Gasteiger partial charge in [0.05, 0.1) is 13.1 Å². The van der Waals surface area contributed by atoms with Crippen molar-refractivity contribution in [1.82, 2.24) is 24.9 Å². The van der Waals surface area contributed by atoms with Crippen molar-refractivity contribution in [2.75, 3.05) is 39.3 Å². The SMILES string of the molecule is Cc1cccc(CN2CCN(C(=O)CNCCn3cccn3)CC2)c1. The molecule has 1 aliphatic rings. The van der Waals surface area contributed by atoms with Crippen molar-refractivity contribution < 1.29 is 4.79 Å². The normalized spacial score (nSPS) is 15.5. The first-order valence-electron chi connectivity index (χ1n) is 8.94. The van der Waals surface area contributed by atoms with Crippen molar-refractivity contribution in [3.8, 4) is 0 Å². The third-order valence-corrected chi connectivity index (χ3v) is 4.57. The van der Waals surface area contributed by atoms with Crippen molar-refractivity contribution in [3.63, 3.8) is 0 Å². The van der Waals surface area contributed by atoms with Gasteiger partial charge in [-0.1, -0.05) is 29.8 Å². The highest BCUT2D eigenvalue weighted by Gasteiger charge is 2.20. The zero-order chi connectivity index (χ0) is 17.5. The van der Waals surface area contributed by atoms with Crippen LogP contribution >= 0.6 is 0 Å². The number of rotatable bonds is 7. The smallest absolute Gasteiger partial charge is 0.236 e. The molecule has 0 bridgehead atoms.